The summed E-state index contributed by atoms with van der Waals surface area (Å²) >= 11 is 1.21. The van der Waals surface area contributed by atoms with Crippen LogP contribution in [0.4, 0.5) is 13.9 Å². The molecule has 0 aliphatic heterocycles. The van der Waals surface area contributed by atoms with Gasteiger partial charge in [0, 0.05) is 17.4 Å². The van der Waals surface area contributed by atoms with Gasteiger partial charge in [-0.3, -0.25) is 4.79 Å². The average molecular weight is 448 g/mol. The topological polar surface area (TPSA) is 69.7 Å². The van der Waals surface area contributed by atoms with Crippen LogP contribution in [0.3, 0.4) is 0 Å². The number of alkyl halides is 2. The van der Waals surface area contributed by atoms with Gasteiger partial charge >= 0.3 is 6.61 Å². The zero-order valence-corrected chi connectivity index (χ0v) is 17.7. The Bertz CT molecular complexity index is 997. The minimum absolute atomic E-state index is 0.0326. The molecular formula is C22H22F2N2O4S. The van der Waals surface area contributed by atoms with Crippen LogP contribution in [-0.4, -0.2) is 30.7 Å². The Kier molecular flexibility index (Phi) is 8.17. The smallest absolute Gasteiger partial charge is 0.387 e. The van der Waals surface area contributed by atoms with Crippen LogP contribution in [0, 0.1) is 0 Å². The van der Waals surface area contributed by atoms with Crippen LogP contribution in [0.1, 0.15) is 19.8 Å². The molecular weight excluding hydrogens is 426 g/mol. The molecule has 0 saturated carbocycles. The lowest BCUT2D eigenvalue weighted by atomic mass is 10.1. The lowest BCUT2D eigenvalue weighted by Gasteiger charge is -2.11. The van der Waals surface area contributed by atoms with Crippen LogP contribution in [0.25, 0.3) is 11.3 Å². The van der Waals surface area contributed by atoms with E-state index in [1.54, 1.807) is 23.6 Å². The first-order valence-electron chi connectivity index (χ1n) is 9.71. The third-order valence-electron chi connectivity index (χ3n) is 4.08. The molecule has 164 valence electrons. The van der Waals surface area contributed by atoms with Crippen molar-refractivity contribution in [1.82, 2.24) is 4.98 Å². The predicted molar refractivity (Wildman–Crippen MR) is 115 cm³/mol. The Labute approximate surface area is 182 Å². The van der Waals surface area contributed by atoms with Crippen molar-refractivity contribution in [2.75, 3.05) is 18.5 Å². The monoisotopic (exact) mass is 448 g/mol. The molecule has 0 aliphatic rings. The fourth-order valence-corrected chi connectivity index (χ4v) is 3.50. The molecule has 0 atom stereocenters. The molecule has 1 N–H and O–H groups in total. The van der Waals surface area contributed by atoms with Crippen LogP contribution >= 0.6 is 11.3 Å². The van der Waals surface area contributed by atoms with E-state index in [1.165, 1.54) is 17.4 Å². The first kappa shape index (κ1) is 22.5. The summed E-state index contributed by atoms with van der Waals surface area (Å²) in [5, 5.41) is 4.78. The van der Waals surface area contributed by atoms with E-state index in [-0.39, 0.29) is 18.1 Å². The standard InChI is InChI=1S/C22H22F2N2O4S/c1-2-28-18-10-5-6-11-19(18)29-13-7-12-20(27)26-22-25-16(14-31-22)15-8-3-4-9-17(15)30-21(23)24/h3-6,8-11,14,21H,2,7,12-13H2,1H3,(H,25,26,27). The Hall–Kier alpha value is -3.20. The second-order valence-corrected chi connectivity index (χ2v) is 7.15. The van der Waals surface area contributed by atoms with Crippen LogP contribution in [0.15, 0.2) is 53.9 Å². The van der Waals surface area contributed by atoms with Gasteiger partial charge in [-0.05, 0) is 37.6 Å². The number of amides is 1. The second kappa shape index (κ2) is 11.3. The first-order valence-corrected chi connectivity index (χ1v) is 10.6. The van der Waals surface area contributed by atoms with E-state index in [1.807, 2.05) is 31.2 Å². The van der Waals surface area contributed by atoms with E-state index in [0.717, 1.165) is 0 Å². The van der Waals surface area contributed by atoms with Crippen molar-refractivity contribution in [2.45, 2.75) is 26.4 Å². The van der Waals surface area contributed by atoms with Crippen LogP contribution in [0.5, 0.6) is 17.2 Å². The van der Waals surface area contributed by atoms with E-state index in [9.17, 15) is 13.6 Å². The van der Waals surface area contributed by atoms with Crippen LogP contribution in [-0.2, 0) is 4.79 Å². The fraction of sp³-hybridized carbons (Fsp3) is 0.273. The Morgan fingerprint density at radius 2 is 1.74 bits per heavy atom. The highest BCUT2D eigenvalue weighted by atomic mass is 32.1. The quantitative estimate of drug-likeness (QED) is 0.386. The molecule has 6 nitrogen and oxygen atoms in total. The summed E-state index contributed by atoms with van der Waals surface area (Å²) in [5.74, 6) is 1.13. The summed E-state index contributed by atoms with van der Waals surface area (Å²) in [4.78, 5) is 16.5. The van der Waals surface area contributed by atoms with E-state index in [2.05, 4.69) is 15.0 Å². The molecule has 0 unspecified atom stereocenters. The number of aromatic nitrogens is 1. The Balaban J connectivity index is 1.50. The maximum absolute atomic E-state index is 12.6. The number of nitrogens with one attached hydrogen (secondary N) is 1. The largest absolute Gasteiger partial charge is 0.490 e. The van der Waals surface area contributed by atoms with E-state index >= 15 is 0 Å². The zero-order valence-electron chi connectivity index (χ0n) is 16.8. The third-order valence-corrected chi connectivity index (χ3v) is 4.84. The summed E-state index contributed by atoms with van der Waals surface area (Å²) < 4.78 is 40.9. The molecule has 2 aromatic carbocycles. The number of halogens is 2. The van der Waals surface area contributed by atoms with Crippen molar-refractivity contribution in [3.8, 4) is 28.5 Å². The van der Waals surface area contributed by atoms with Crippen molar-refractivity contribution in [1.29, 1.82) is 0 Å². The van der Waals surface area contributed by atoms with Crippen LogP contribution < -0.4 is 19.5 Å². The predicted octanol–water partition coefficient (Wildman–Crippen LogP) is 5.61. The van der Waals surface area contributed by atoms with Gasteiger partial charge in [0.2, 0.25) is 5.91 Å². The number of para-hydroxylation sites is 3. The van der Waals surface area contributed by atoms with Crippen molar-refractivity contribution in [2.24, 2.45) is 0 Å². The molecule has 1 heterocycles. The molecule has 3 aromatic rings. The molecule has 0 bridgehead atoms. The number of ether oxygens (including phenoxy) is 3. The highest BCUT2D eigenvalue weighted by Crippen LogP contribution is 2.33. The van der Waals surface area contributed by atoms with Gasteiger partial charge in [0.15, 0.2) is 16.6 Å². The van der Waals surface area contributed by atoms with Gasteiger partial charge in [-0.1, -0.05) is 24.3 Å². The number of carbonyl (C=O) groups is 1. The minimum atomic E-state index is -2.93. The van der Waals surface area contributed by atoms with Crippen molar-refractivity contribution in [3.63, 3.8) is 0 Å². The molecule has 31 heavy (non-hydrogen) atoms. The minimum Gasteiger partial charge on any atom is -0.490 e. The maximum atomic E-state index is 12.6. The van der Waals surface area contributed by atoms with Gasteiger partial charge in [0.1, 0.15) is 5.75 Å². The van der Waals surface area contributed by atoms with E-state index in [4.69, 9.17) is 9.47 Å². The van der Waals surface area contributed by atoms with Gasteiger partial charge in [-0.2, -0.15) is 8.78 Å². The molecule has 3 rings (SSSR count). The summed E-state index contributed by atoms with van der Waals surface area (Å²) in [6.45, 7) is -0.132. The molecule has 0 radical (unpaired) electrons. The van der Waals surface area contributed by atoms with Gasteiger partial charge in [-0.25, -0.2) is 4.98 Å². The number of anilines is 1. The molecule has 0 fully saturated rings. The summed E-state index contributed by atoms with van der Waals surface area (Å²) in [6.07, 6.45) is 0.756. The molecule has 1 aromatic heterocycles. The second-order valence-electron chi connectivity index (χ2n) is 6.29. The van der Waals surface area contributed by atoms with Gasteiger partial charge in [-0.15, -0.1) is 11.3 Å². The average Bonchev–Trinajstić information content (AvgIpc) is 3.20. The van der Waals surface area contributed by atoms with Crippen LogP contribution in [0.2, 0.25) is 0 Å². The molecule has 9 heteroatoms. The van der Waals surface area contributed by atoms with Crippen molar-refractivity contribution in [3.05, 3.63) is 53.9 Å². The molecule has 0 saturated heterocycles. The normalized spacial score (nSPS) is 10.7. The zero-order chi connectivity index (χ0) is 22.1. The SMILES string of the molecule is CCOc1ccccc1OCCCC(=O)Nc1nc(-c2ccccc2OC(F)F)cs1. The number of hydrogen-bond acceptors (Lipinski definition) is 6. The number of rotatable bonds is 11. The fourth-order valence-electron chi connectivity index (χ4n) is 2.77. The highest BCUT2D eigenvalue weighted by Gasteiger charge is 2.14. The number of thiazole rings is 1. The molecule has 0 spiro atoms. The number of hydrogen-bond donors (Lipinski definition) is 1. The number of carbonyl (C=O) groups excluding carboxylic acids is 1. The van der Waals surface area contributed by atoms with Gasteiger partial charge < -0.3 is 19.5 Å². The number of nitrogens with zero attached hydrogens (tertiary/aromatic N) is 1. The first-order chi connectivity index (χ1) is 15.1. The van der Waals surface area contributed by atoms with Crippen molar-refractivity contribution < 1.29 is 27.8 Å². The van der Waals surface area contributed by atoms with Crippen molar-refractivity contribution >= 4 is 22.4 Å². The van der Waals surface area contributed by atoms with E-state index < -0.39 is 6.61 Å². The third kappa shape index (κ3) is 6.65. The maximum Gasteiger partial charge on any atom is 0.387 e. The van der Waals surface area contributed by atoms with Gasteiger partial charge in [0.05, 0.1) is 18.9 Å². The van der Waals surface area contributed by atoms with E-state index in [0.29, 0.717) is 47.5 Å². The Morgan fingerprint density at radius 3 is 2.45 bits per heavy atom. The summed E-state index contributed by atoms with van der Waals surface area (Å²) in [7, 11) is 0. The Morgan fingerprint density at radius 1 is 1.06 bits per heavy atom. The van der Waals surface area contributed by atoms with Gasteiger partial charge in [0.25, 0.3) is 0 Å². The molecule has 0 aliphatic carbocycles. The lowest BCUT2D eigenvalue weighted by molar-refractivity contribution is -0.116. The lowest BCUT2D eigenvalue weighted by Crippen LogP contribution is -2.12. The molecule has 1 amide bonds. The summed E-state index contributed by atoms with van der Waals surface area (Å²) in [5.41, 5.74) is 0.883. The number of benzene rings is 2. The highest BCUT2D eigenvalue weighted by molar-refractivity contribution is 7.14. The summed E-state index contributed by atoms with van der Waals surface area (Å²) in [6, 6.07) is 13.8.